The van der Waals surface area contributed by atoms with E-state index in [1.54, 1.807) is 7.11 Å². The third kappa shape index (κ3) is 5.66. The van der Waals surface area contributed by atoms with E-state index in [-0.39, 0.29) is 0 Å². The largest absolute Gasteiger partial charge is 0.383 e. The highest BCUT2D eigenvalue weighted by Crippen LogP contribution is 2.13. The van der Waals surface area contributed by atoms with Crippen LogP contribution in [0.4, 0.5) is 0 Å². The first-order chi connectivity index (χ1) is 8.24. The zero-order chi connectivity index (χ0) is 12.5. The smallest absolute Gasteiger partial charge is 0.0587 e. The van der Waals surface area contributed by atoms with Crippen LogP contribution in [0.25, 0.3) is 6.08 Å². The van der Waals surface area contributed by atoms with Gasteiger partial charge in [-0.15, -0.1) is 0 Å². The fourth-order valence-corrected chi connectivity index (χ4v) is 1.59. The highest BCUT2D eigenvalue weighted by molar-refractivity contribution is 5.53. The van der Waals surface area contributed by atoms with Gasteiger partial charge in [-0.1, -0.05) is 55.8 Å². The maximum absolute atomic E-state index is 5.02. The summed E-state index contributed by atoms with van der Waals surface area (Å²) in [6.07, 6.45) is 2.27. The number of hydrogen-bond acceptors (Lipinski definition) is 2. The van der Waals surface area contributed by atoms with Gasteiger partial charge < -0.3 is 10.1 Å². The minimum Gasteiger partial charge on any atom is -0.383 e. The van der Waals surface area contributed by atoms with E-state index in [1.807, 2.05) is 6.07 Å². The van der Waals surface area contributed by atoms with Crippen LogP contribution >= 0.6 is 0 Å². The minimum atomic E-state index is 0.560. The molecule has 0 atom stereocenters. The lowest BCUT2D eigenvalue weighted by atomic mass is 10.0. The number of ether oxygens (including phenoxy) is 1. The first-order valence-corrected chi connectivity index (χ1v) is 6.19. The molecule has 0 aliphatic rings. The maximum Gasteiger partial charge on any atom is 0.0587 e. The lowest BCUT2D eigenvalue weighted by Gasteiger charge is -2.12. The molecule has 1 aromatic carbocycles. The Kier molecular flexibility index (Phi) is 6.60. The summed E-state index contributed by atoms with van der Waals surface area (Å²) in [6.45, 7) is 7.04. The molecule has 0 unspecified atom stereocenters. The monoisotopic (exact) mass is 233 g/mol. The molecule has 2 heteroatoms. The van der Waals surface area contributed by atoms with Crippen LogP contribution in [0.5, 0.6) is 0 Å². The average molecular weight is 233 g/mol. The molecule has 0 aliphatic carbocycles. The van der Waals surface area contributed by atoms with Crippen LogP contribution in [0.15, 0.2) is 35.9 Å². The molecule has 1 N–H and O–H groups in total. The van der Waals surface area contributed by atoms with Gasteiger partial charge in [0.25, 0.3) is 0 Å². The maximum atomic E-state index is 5.02. The average Bonchev–Trinajstić information content (AvgIpc) is 2.34. The van der Waals surface area contributed by atoms with Crippen LogP contribution in [0, 0.1) is 5.92 Å². The van der Waals surface area contributed by atoms with Crippen molar-refractivity contribution in [1.29, 1.82) is 0 Å². The summed E-state index contributed by atoms with van der Waals surface area (Å²) in [5.41, 5.74) is 2.69. The van der Waals surface area contributed by atoms with Gasteiger partial charge in [-0.2, -0.15) is 0 Å². The van der Waals surface area contributed by atoms with E-state index in [0.29, 0.717) is 5.92 Å². The molecule has 0 amide bonds. The Labute approximate surface area is 105 Å². The van der Waals surface area contributed by atoms with E-state index in [0.717, 1.165) is 19.7 Å². The van der Waals surface area contributed by atoms with Crippen LogP contribution in [-0.4, -0.2) is 26.8 Å². The zero-order valence-corrected chi connectivity index (χ0v) is 11.1. The summed E-state index contributed by atoms with van der Waals surface area (Å²) in [6, 6.07) is 10.5. The van der Waals surface area contributed by atoms with Crippen molar-refractivity contribution in [2.75, 3.05) is 26.8 Å². The highest BCUT2D eigenvalue weighted by Gasteiger charge is 2.02. The Morgan fingerprint density at radius 2 is 2.00 bits per heavy atom. The summed E-state index contributed by atoms with van der Waals surface area (Å²) < 4.78 is 5.02. The predicted octanol–water partition coefficient (Wildman–Crippen LogP) is 2.96. The fourth-order valence-electron chi connectivity index (χ4n) is 1.59. The van der Waals surface area contributed by atoms with E-state index in [2.05, 4.69) is 49.5 Å². The van der Waals surface area contributed by atoms with Gasteiger partial charge in [-0.05, 0) is 11.5 Å². The van der Waals surface area contributed by atoms with E-state index in [9.17, 15) is 0 Å². The summed E-state index contributed by atoms with van der Waals surface area (Å²) in [5, 5.41) is 3.39. The quantitative estimate of drug-likeness (QED) is 0.731. The van der Waals surface area contributed by atoms with Crippen LogP contribution in [0.1, 0.15) is 19.4 Å². The van der Waals surface area contributed by atoms with Crippen LogP contribution in [0.2, 0.25) is 0 Å². The number of hydrogen-bond donors (Lipinski definition) is 1. The summed E-state index contributed by atoms with van der Waals surface area (Å²) >= 11 is 0. The second kappa shape index (κ2) is 8.04. The van der Waals surface area contributed by atoms with Gasteiger partial charge in [0, 0.05) is 20.2 Å². The Morgan fingerprint density at radius 1 is 1.29 bits per heavy atom. The van der Waals surface area contributed by atoms with Crippen LogP contribution < -0.4 is 5.32 Å². The minimum absolute atomic E-state index is 0.560. The van der Waals surface area contributed by atoms with Crippen molar-refractivity contribution in [2.45, 2.75) is 13.8 Å². The predicted molar refractivity (Wildman–Crippen MR) is 74.0 cm³/mol. The first-order valence-electron chi connectivity index (χ1n) is 6.19. The first kappa shape index (κ1) is 13.9. The Bertz CT molecular complexity index is 330. The molecule has 0 spiro atoms. The van der Waals surface area contributed by atoms with Crippen molar-refractivity contribution in [3.63, 3.8) is 0 Å². The summed E-state index contributed by atoms with van der Waals surface area (Å²) in [7, 11) is 1.73. The van der Waals surface area contributed by atoms with E-state index in [4.69, 9.17) is 4.74 Å². The molecule has 0 saturated heterocycles. The Morgan fingerprint density at radius 3 is 2.59 bits per heavy atom. The fraction of sp³-hybridized carbons (Fsp3) is 0.467. The molecular formula is C15H23NO. The summed E-state index contributed by atoms with van der Waals surface area (Å²) in [5.74, 6) is 0.560. The number of nitrogens with one attached hydrogen (secondary N) is 1. The van der Waals surface area contributed by atoms with Gasteiger partial charge in [-0.3, -0.25) is 0 Å². The third-order valence-corrected chi connectivity index (χ3v) is 2.71. The van der Waals surface area contributed by atoms with Gasteiger partial charge in [-0.25, -0.2) is 0 Å². The molecule has 0 saturated carbocycles. The second-order valence-corrected chi connectivity index (χ2v) is 4.45. The molecule has 0 fully saturated rings. The molecule has 0 aliphatic heterocycles. The lowest BCUT2D eigenvalue weighted by Crippen LogP contribution is -2.23. The molecule has 1 rings (SSSR count). The normalized spacial score (nSPS) is 12.1. The highest BCUT2D eigenvalue weighted by atomic mass is 16.5. The van der Waals surface area contributed by atoms with Gasteiger partial charge in [0.1, 0.15) is 0 Å². The molecule has 17 heavy (non-hydrogen) atoms. The number of benzene rings is 1. The van der Waals surface area contributed by atoms with Crippen molar-refractivity contribution in [3.8, 4) is 0 Å². The van der Waals surface area contributed by atoms with Crippen molar-refractivity contribution in [1.82, 2.24) is 5.32 Å². The molecule has 0 bridgehead atoms. The third-order valence-electron chi connectivity index (χ3n) is 2.71. The van der Waals surface area contributed by atoms with Crippen LogP contribution in [-0.2, 0) is 4.74 Å². The molecule has 1 aromatic rings. The molecule has 0 aromatic heterocycles. The van der Waals surface area contributed by atoms with E-state index in [1.165, 1.54) is 11.1 Å². The number of methoxy groups -OCH3 is 1. The standard InChI is InChI=1S/C15H23NO/c1-13(2)15(12-16-9-10-17-3)11-14-7-5-4-6-8-14/h4-8,11,13,16H,9-10,12H2,1-3H3. The Balaban J connectivity index is 2.56. The van der Waals surface area contributed by atoms with E-state index >= 15 is 0 Å². The summed E-state index contributed by atoms with van der Waals surface area (Å²) in [4.78, 5) is 0. The van der Waals surface area contributed by atoms with Crippen molar-refractivity contribution >= 4 is 6.08 Å². The van der Waals surface area contributed by atoms with Gasteiger partial charge in [0.15, 0.2) is 0 Å². The van der Waals surface area contributed by atoms with Crippen molar-refractivity contribution in [2.24, 2.45) is 5.92 Å². The second-order valence-electron chi connectivity index (χ2n) is 4.45. The topological polar surface area (TPSA) is 21.3 Å². The van der Waals surface area contributed by atoms with Gasteiger partial charge in [0.05, 0.1) is 6.61 Å². The molecular weight excluding hydrogens is 210 g/mol. The molecule has 2 nitrogen and oxygen atoms in total. The van der Waals surface area contributed by atoms with Crippen molar-refractivity contribution < 1.29 is 4.74 Å². The molecule has 0 heterocycles. The van der Waals surface area contributed by atoms with Crippen molar-refractivity contribution in [3.05, 3.63) is 41.5 Å². The zero-order valence-electron chi connectivity index (χ0n) is 11.1. The van der Waals surface area contributed by atoms with Gasteiger partial charge >= 0.3 is 0 Å². The molecule has 94 valence electrons. The number of rotatable bonds is 7. The molecule has 0 radical (unpaired) electrons. The SMILES string of the molecule is COCCNCC(=Cc1ccccc1)C(C)C. The Hall–Kier alpha value is -1.12. The van der Waals surface area contributed by atoms with Crippen LogP contribution in [0.3, 0.4) is 0 Å². The van der Waals surface area contributed by atoms with Gasteiger partial charge in [0.2, 0.25) is 0 Å². The van der Waals surface area contributed by atoms with E-state index < -0.39 is 0 Å². The lowest BCUT2D eigenvalue weighted by molar-refractivity contribution is 0.200.